The molecule has 27 heavy (non-hydrogen) atoms. The number of carbonyl (C=O) groups excluding carboxylic acids is 2. The molecule has 0 aliphatic heterocycles. The quantitative estimate of drug-likeness (QED) is 0.448. The first kappa shape index (κ1) is 20.1. The van der Waals surface area contributed by atoms with Gasteiger partial charge in [0.05, 0.1) is 23.4 Å². The van der Waals surface area contributed by atoms with Crippen molar-refractivity contribution in [2.24, 2.45) is 0 Å². The molecule has 1 amide bonds. The van der Waals surface area contributed by atoms with Gasteiger partial charge in [0, 0.05) is 5.69 Å². The Morgan fingerprint density at radius 3 is 2.33 bits per heavy atom. The standard InChI is InChI=1S/C20H19N3O3S/c1-13-8-10-14(11-9-13)22-18(24)16(12-21)19(27-3)23-17-7-5-4-6-15(17)20(25)26-2/h4-11,23H,1-3H3,(H,22,24). The summed E-state index contributed by atoms with van der Waals surface area (Å²) in [6, 6.07) is 15.9. The molecule has 0 saturated carbocycles. The van der Waals surface area contributed by atoms with Crippen molar-refractivity contribution in [1.82, 2.24) is 0 Å². The average Bonchev–Trinajstić information content (AvgIpc) is 2.69. The van der Waals surface area contributed by atoms with Crippen molar-refractivity contribution >= 4 is 35.0 Å². The van der Waals surface area contributed by atoms with Gasteiger partial charge in [-0.2, -0.15) is 5.26 Å². The fraction of sp³-hybridized carbons (Fsp3) is 0.150. The van der Waals surface area contributed by atoms with Crippen LogP contribution in [0.4, 0.5) is 11.4 Å². The number of aryl methyl sites for hydroxylation is 1. The van der Waals surface area contributed by atoms with Gasteiger partial charge in [0.25, 0.3) is 5.91 Å². The molecule has 2 aromatic carbocycles. The van der Waals surface area contributed by atoms with Crippen molar-refractivity contribution in [3.8, 4) is 6.07 Å². The molecule has 7 heteroatoms. The van der Waals surface area contributed by atoms with E-state index in [0.29, 0.717) is 22.0 Å². The third-order valence-electron chi connectivity index (χ3n) is 3.66. The minimum absolute atomic E-state index is 0.0808. The lowest BCUT2D eigenvalue weighted by Crippen LogP contribution is -2.17. The molecule has 0 spiro atoms. The minimum atomic E-state index is -0.534. The zero-order valence-electron chi connectivity index (χ0n) is 15.2. The summed E-state index contributed by atoms with van der Waals surface area (Å²) in [4.78, 5) is 24.5. The predicted molar refractivity (Wildman–Crippen MR) is 107 cm³/mol. The zero-order valence-corrected chi connectivity index (χ0v) is 16.0. The number of hydrogen-bond acceptors (Lipinski definition) is 6. The van der Waals surface area contributed by atoms with Crippen LogP contribution in [0.15, 0.2) is 59.1 Å². The SMILES string of the molecule is COC(=O)c1ccccc1NC(SC)=C(C#N)C(=O)Nc1ccc(C)cc1. The third-order valence-corrected chi connectivity index (χ3v) is 4.37. The first-order chi connectivity index (χ1) is 13.0. The number of methoxy groups -OCH3 is 1. The Balaban J connectivity index is 2.33. The third kappa shape index (κ3) is 5.12. The number of nitriles is 1. The van der Waals surface area contributed by atoms with E-state index in [1.54, 1.807) is 42.7 Å². The lowest BCUT2D eigenvalue weighted by Gasteiger charge is -2.14. The summed E-state index contributed by atoms with van der Waals surface area (Å²) in [5.41, 5.74) is 2.33. The number of benzene rings is 2. The van der Waals surface area contributed by atoms with Crippen LogP contribution in [-0.2, 0) is 9.53 Å². The maximum atomic E-state index is 12.6. The van der Waals surface area contributed by atoms with Crippen molar-refractivity contribution in [2.45, 2.75) is 6.92 Å². The van der Waals surface area contributed by atoms with Crippen LogP contribution in [0.2, 0.25) is 0 Å². The molecule has 0 aromatic heterocycles. The van der Waals surface area contributed by atoms with Crippen LogP contribution in [0.5, 0.6) is 0 Å². The number of nitrogens with zero attached hydrogens (tertiary/aromatic N) is 1. The second-order valence-corrected chi connectivity index (χ2v) is 6.32. The van der Waals surface area contributed by atoms with E-state index >= 15 is 0 Å². The van der Waals surface area contributed by atoms with Crippen molar-refractivity contribution < 1.29 is 14.3 Å². The average molecular weight is 381 g/mol. The van der Waals surface area contributed by atoms with E-state index in [-0.39, 0.29) is 5.57 Å². The Morgan fingerprint density at radius 1 is 1.07 bits per heavy atom. The molecule has 0 aliphatic rings. The van der Waals surface area contributed by atoms with Gasteiger partial charge in [-0.15, -0.1) is 11.8 Å². The number of para-hydroxylation sites is 1. The fourth-order valence-electron chi connectivity index (χ4n) is 2.25. The van der Waals surface area contributed by atoms with Crippen LogP contribution in [-0.4, -0.2) is 25.2 Å². The monoisotopic (exact) mass is 381 g/mol. The highest BCUT2D eigenvalue weighted by Crippen LogP contribution is 2.25. The second kappa shape index (κ2) is 9.46. The van der Waals surface area contributed by atoms with Gasteiger partial charge in [-0.25, -0.2) is 4.79 Å². The summed E-state index contributed by atoms with van der Waals surface area (Å²) in [6.45, 7) is 1.95. The maximum absolute atomic E-state index is 12.6. The van der Waals surface area contributed by atoms with E-state index in [1.807, 2.05) is 25.1 Å². The van der Waals surface area contributed by atoms with E-state index in [2.05, 4.69) is 10.6 Å². The highest BCUT2D eigenvalue weighted by Gasteiger charge is 2.18. The summed E-state index contributed by atoms with van der Waals surface area (Å²) in [6.07, 6.45) is 1.74. The smallest absolute Gasteiger partial charge is 0.339 e. The van der Waals surface area contributed by atoms with Gasteiger partial charge in [-0.05, 0) is 37.4 Å². The lowest BCUT2D eigenvalue weighted by atomic mass is 10.1. The molecule has 0 saturated heterocycles. The molecule has 0 fully saturated rings. The Kier molecular flexibility index (Phi) is 7.03. The summed E-state index contributed by atoms with van der Waals surface area (Å²) in [5.74, 6) is -1.05. The molecule has 0 heterocycles. The van der Waals surface area contributed by atoms with E-state index in [4.69, 9.17) is 4.74 Å². The molecule has 0 aliphatic carbocycles. The summed E-state index contributed by atoms with van der Waals surface area (Å²) in [5, 5.41) is 15.5. The minimum Gasteiger partial charge on any atom is -0.465 e. The number of amides is 1. The van der Waals surface area contributed by atoms with Crippen molar-refractivity contribution in [1.29, 1.82) is 5.26 Å². The van der Waals surface area contributed by atoms with Crippen LogP contribution in [0, 0.1) is 18.3 Å². The maximum Gasteiger partial charge on any atom is 0.339 e. The molecule has 2 N–H and O–H groups in total. The number of nitrogens with one attached hydrogen (secondary N) is 2. The predicted octanol–water partition coefficient (Wildman–Crippen LogP) is 3.93. The highest BCUT2D eigenvalue weighted by atomic mass is 32.2. The van der Waals surface area contributed by atoms with Crippen LogP contribution < -0.4 is 10.6 Å². The number of anilines is 2. The van der Waals surface area contributed by atoms with Crippen molar-refractivity contribution in [3.63, 3.8) is 0 Å². The Morgan fingerprint density at radius 2 is 1.74 bits per heavy atom. The highest BCUT2D eigenvalue weighted by molar-refractivity contribution is 8.02. The molecule has 0 atom stereocenters. The van der Waals surface area contributed by atoms with E-state index in [1.165, 1.54) is 18.9 Å². The van der Waals surface area contributed by atoms with Gasteiger partial charge >= 0.3 is 5.97 Å². The largest absolute Gasteiger partial charge is 0.465 e. The molecule has 138 valence electrons. The number of thioether (sulfide) groups is 1. The summed E-state index contributed by atoms with van der Waals surface area (Å²) < 4.78 is 4.77. The molecule has 2 rings (SSSR count). The normalized spacial score (nSPS) is 11.0. The van der Waals surface area contributed by atoms with Gasteiger partial charge in [-0.1, -0.05) is 29.8 Å². The molecule has 0 bridgehead atoms. The Labute approximate surface area is 162 Å². The van der Waals surface area contributed by atoms with Crippen LogP contribution in [0.1, 0.15) is 15.9 Å². The number of rotatable bonds is 6. The first-order valence-electron chi connectivity index (χ1n) is 8.01. The first-order valence-corrected chi connectivity index (χ1v) is 9.23. The van der Waals surface area contributed by atoms with Crippen molar-refractivity contribution in [3.05, 3.63) is 70.3 Å². The van der Waals surface area contributed by atoms with Gasteiger partial charge in [0.15, 0.2) is 0 Å². The van der Waals surface area contributed by atoms with Gasteiger partial charge in [-0.3, -0.25) is 4.79 Å². The van der Waals surface area contributed by atoms with Gasteiger partial charge in [0.2, 0.25) is 0 Å². The number of carbonyl (C=O) groups is 2. The zero-order chi connectivity index (χ0) is 19.8. The van der Waals surface area contributed by atoms with Crippen LogP contribution in [0.3, 0.4) is 0 Å². The molecule has 2 aromatic rings. The molecule has 0 unspecified atom stereocenters. The Hall–Kier alpha value is -3.24. The Bertz CT molecular complexity index is 915. The van der Waals surface area contributed by atoms with Crippen LogP contribution in [0.25, 0.3) is 0 Å². The molecule has 6 nitrogen and oxygen atoms in total. The molecular formula is C20H19N3O3S. The summed E-state index contributed by atoms with van der Waals surface area (Å²) in [7, 11) is 1.29. The molecule has 0 radical (unpaired) electrons. The number of esters is 1. The molecular weight excluding hydrogens is 362 g/mol. The van der Waals surface area contributed by atoms with Crippen molar-refractivity contribution in [2.75, 3.05) is 24.0 Å². The van der Waals surface area contributed by atoms with Gasteiger partial charge < -0.3 is 15.4 Å². The topological polar surface area (TPSA) is 91.2 Å². The fourth-order valence-corrected chi connectivity index (χ4v) is 2.81. The van der Waals surface area contributed by atoms with E-state index in [0.717, 1.165) is 5.56 Å². The van der Waals surface area contributed by atoms with E-state index in [9.17, 15) is 14.9 Å². The number of ether oxygens (including phenoxy) is 1. The second-order valence-electron chi connectivity index (χ2n) is 5.50. The lowest BCUT2D eigenvalue weighted by molar-refractivity contribution is -0.112. The van der Waals surface area contributed by atoms with E-state index < -0.39 is 11.9 Å². The summed E-state index contributed by atoms with van der Waals surface area (Å²) >= 11 is 1.20. The van der Waals surface area contributed by atoms with Gasteiger partial charge in [0.1, 0.15) is 11.6 Å². The van der Waals surface area contributed by atoms with Crippen LogP contribution >= 0.6 is 11.8 Å². The number of hydrogen-bond donors (Lipinski definition) is 2.